The minimum atomic E-state index is -1.53. The first-order valence-electron chi connectivity index (χ1n) is 4.16. The molecule has 3 nitrogen and oxygen atoms in total. The Morgan fingerprint density at radius 1 is 0.917 bits per heavy atom. The van der Waals surface area contributed by atoms with E-state index in [1.807, 2.05) is 0 Å². The fraction of sp³-hybridized carbons (Fsp3) is 1.00. The van der Waals surface area contributed by atoms with Gasteiger partial charge in [-0.05, 0) is 0 Å². The monoisotopic (exact) mass is 253 g/mol. The zero-order valence-electron chi connectivity index (χ0n) is 9.34. The molecule has 0 aliphatic heterocycles. The molecule has 0 aromatic heterocycles. The Bertz CT molecular complexity index is 121. The van der Waals surface area contributed by atoms with Crippen LogP contribution in [0.2, 0.25) is 0 Å². The van der Waals surface area contributed by atoms with Crippen LogP contribution >= 0.6 is 0 Å². The molecular weight excluding hydrogens is 231 g/mol. The zero-order chi connectivity index (χ0) is 9.94. The van der Waals surface area contributed by atoms with Crippen molar-refractivity contribution in [2.45, 2.75) is 26.3 Å². The zero-order valence-corrected chi connectivity index (χ0v) is 11.5. The minimum absolute atomic E-state index is 0.233. The van der Waals surface area contributed by atoms with Crippen molar-refractivity contribution in [2.24, 2.45) is 0 Å². The van der Waals surface area contributed by atoms with Gasteiger partial charge in [-0.25, -0.2) is 0 Å². The molecular formula is C8H22N3Nb. The van der Waals surface area contributed by atoms with Gasteiger partial charge in [0.25, 0.3) is 0 Å². The van der Waals surface area contributed by atoms with Crippen molar-refractivity contribution >= 4 is 0 Å². The van der Waals surface area contributed by atoms with Gasteiger partial charge in [0.1, 0.15) is 0 Å². The molecule has 0 atom stereocenters. The van der Waals surface area contributed by atoms with Gasteiger partial charge < -0.3 is 0 Å². The third-order valence-electron chi connectivity index (χ3n) is 1.19. The fourth-order valence-electron chi connectivity index (χ4n) is 0.858. The SMILES string of the molecule is C[N](C)[Nb]([NH]C(C)(C)C)[N](C)C. The Morgan fingerprint density at radius 2 is 1.25 bits per heavy atom. The standard InChI is InChI=1S/C4H10N.2C2H6N.Nb/c1-4(2,3)5;2*1-3-2;/h5H,1-3H3;2*1-2H3;/q3*-1;+3. The third-order valence-corrected chi connectivity index (χ3v) is 7.06. The predicted molar refractivity (Wildman–Crippen MR) is 50.3 cm³/mol. The van der Waals surface area contributed by atoms with E-state index in [9.17, 15) is 0 Å². The van der Waals surface area contributed by atoms with Crippen molar-refractivity contribution in [1.82, 2.24) is 10.3 Å². The van der Waals surface area contributed by atoms with Crippen LogP contribution < -0.4 is 3.72 Å². The second-order valence-electron chi connectivity index (χ2n) is 4.35. The topological polar surface area (TPSA) is 18.5 Å². The summed E-state index contributed by atoms with van der Waals surface area (Å²) in [6, 6.07) is 0. The van der Waals surface area contributed by atoms with Crippen LogP contribution in [0.3, 0.4) is 0 Å². The Labute approximate surface area is 84.2 Å². The number of hydrogen-bond acceptors (Lipinski definition) is 3. The average Bonchev–Trinajstić information content (AvgIpc) is 1.79. The van der Waals surface area contributed by atoms with Gasteiger partial charge in [0, 0.05) is 0 Å². The van der Waals surface area contributed by atoms with Crippen LogP contribution in [0.15, 0.2) is 0 Å². The first kappa shape index (κ1) is 12.6. The Kier molecular flexibility index (Phi) is 4.99. The van der Waals surface area contributed by atoms with E-state index in [1.165, 1.54) is 0 Å². The summed E-state index contributed by atoms with van der Waals surface area (Å²) in [6.07, 6.45) is 0. The molecule has 0 bridgehead atoms. The van der Waals surface area contributed by atoms with Gasteiger partial charge in [0.05, 0.1) is 0 Å². The van der Waals surface area contributed by atoms with Crippen molar-refractivity contribution in [3.05, 3.63) is 0 Å². The molecule has 0 aliphatic rings. The second kappa shape index (κ2) is 4.74. The van der Waals surface area contributed by atoms with Crippen molar-refractivity contribution in [2.75, 3.05) is 28.2 Å². The molecule has 0 unspecified atom stereocenters. The summed E-state index contributed by atoms with van der Waals surface area (Å²) in [7, 11) is 8.62. The van der Waals surface area contributed by atoms with Crippen LogP contribution in [0.25, 0.3) is 0 Å². The van der Waals surface area contributed by atoms with Gasteiger partial charge in [-0.2, -0.15) is 0 Å². The summed E-state index contributed by atoms with van der Waals surface area (Å²) < 4.78 is 8.37. The Morgan fingerprint density at radius 3 is 1.33 bits per heavy atom. The van der Waals surface area contributed by atoms with E-state index in [2.05, 4.69) is 59.3 Å². The van der Waals surface area contributed by atoms with E-state index in [-0.39, 0.29) is 5.54 Å². The molecule has 0 saturated carbocycles. The molecule has 0 rings (SSSR count). The van der Waals surface area contributed by atoms with Crippen molar-refractivity contribution in [3.63, 3.8) is 0 Å². The van der Waals surface area contributed by atoms with Gasteiger partial charge in [0.15, 0.2) is 0 Å². The van der Waals surface area contributed by atoms with Gasteiger partial charge in [-0.15, -0.1) is 0 Å². The van der Waals surface area contributed by atoms with E-state index in [4.69, 9.17) is 0 Å². The molecule has 4 heteroatoms. The molecule has 0 saturated heterocycles. The molecule has 0 amide bonds. The first-order valence-corrected chi connectivity index (χ1v) is 7.23. The second-order valence-corrected chi connectivity index (χ2v) is 10.3. The molecule has 0 fully saturated rings. The number of nitrogens with one attached hydrogen (secondary N) is 1. The molecule has 0 spiro atoms. The Hall–Kier alpha value is 0.620. The summed E-state index contributed by atoms with van der Waals surface area (Å²) in [5, 5.41) is 0. The molecule has 74 valence electrons. The third kappa shape index (κ3) is 5.30. The Balaban J connectivity index is 4.15. The van der Waals surface area contributed by atoms with Crippen LogP contribution in [0, 0.1) is 0 Å². The van der Waals surface area contributed by atoms with Crippen molar-refractivity contribution in [3.8, 4) is 0 Å². The normalized spacial score (nSPS) is 13.5. The van der Waals surface area contributed by atoms with E-state index in [0.29, 0.717) is 0 Å². The van der Waals surface area contributed by atoms with Crippen molar-refractivity contribution in [1.29, 1.82) is 0 Å². The number of rotatable bonds is 3. The van der Waals surface area contributed by atoms with Gasteiger partial charge in [0.2, 0.25) is 0 Å². The summed E-state index contributed by atoms with van der Waals surface area (Å²) in [5.74, 6) is 0. The van der Waals surface area contributed by atoms with Crippen LogP contribution in [0.5, 0.6) is 0 Å². The molecule has 0 radical (unpaired) electrons. The summed E-state index contributed by atoms with van der Waals surface area (Å²) >= 11 is -1.53. The van der Waals surface area contributed by atoms with E-state index in [1.54, 1.807) is 0 Å². The maximum absolute atomic E-state index is 3.69. The van der Waals surface area contributed by atoms with E-state index < -0.39 is 19.2 Å². The van der Waals surface area contributed by atoms with Crippen molar-refractivity contribution < 1.29 is 19.2 Å². The first-order chi connectivity index (χ1) is 5.24. The van der Waals surface area contributed by atoms with Crippen LogP contribution in [-0.2, 0) is 19.2 Å². The quantitative estimate of drug-likeness (QED) is 0.753. The number of hydrogen-bond donors (Lipinski definition) is 1. The summed E-state index contributed by atoms with van der Waals surface area (Å²) in [4.78, 5) is 0. The van der Waals surface area contributed by atoms with E-state index in [0.717, 1.165) is 0 Å². The predicted octanol–water partition coefficient (Wildman–Crippen LogP) is 0.861. The molecule has 1 N–H and O–H groups in total. The average molecular weight is 253 g/mol. The van der Waals surface area contributed by atoms with Crippen LogP contribution in [0.4, 0.5) is 0 Å². The molecule has 0 aliphatic carbocycles. The van der Waals surface area contributed by atoms with Gasteiger partial charge in [-0.3, -0.25) is 0 Å². The molecule has 0 aromatic rings. The van der Waals surface area contributed by atoms with E-state index >= 15 is 0 Å². The van der Waals surface area contributed by atoms with Crippen LogP contribution in [0.1, 0.15) is 20.8 Å². The molecule has 0 heterocycles. The summed E-state index contributed by atoms with van der Waals surface area (Å²) in [6.45, 7) is 6.66. The summed E-state index contributed by atoms with van der Waals surface area (Å²) in [5.41, 5.74) is 0.233. The fourth-order valence-corrected chi connectivity index (χ4v) is 5.07. The number of nitrogens with zero attached hydrogens (tertiary/aromatic N) is 2. The molecule has 12 heavy (non-hydrogen) atoms. The maximum atomic E-state index is 3.69. The molecule has 0 aromatic carbocycles. The van der Waals surface area contributed by atoms with Gasteiger partial charge >= 0.3 is 84.1 Å². The van der Waals surface area contributed by atoms with Crippen LogP contribution in [-0.4, -0.2) is 40.3 Å². The van der Waals surface area contributed by atoms with Gasteiger partial charge in [-0.1, -0.05) is 0 Å².